The van der Waals surface area contributed by atoms with Gasteiger partial charge >= 0.3 is 0 Å². The molecule has 10 nitrogen and oxygen atoms in total. The van der Waals surface area contributed by atoms with Gasteiger partial charge in [0.2, 0.25) is 5.91 Å². The molecular formula is C28H33N5O5S. The molecule has 1 aromatic carbocycles. The van der Waals surface area contributed by atoms with Crippen LogP contribution >= 0.6 is 0 Å². The third kappa shape index (κ3) is 6.66. The summed E-state index contributed by atoms with van der Waals surface area (Å²) in [6, 6.07) is 11.5. The number of sulfonamides is 1. The molecule has 4 rings (SSSR count). The third-order valence-corrected chi connectivity index (χ3v) is 8.65. The monoisotopic (exact) mass is 551 g/mol. The van der Waals surface area contributed by atoms with Gasteiger partial charge in [0.05, 0.1) is 23.7 Å². The SMILES string of the molecule is CC(C)CC(NC(=O)c1cnc2ccccc2c1)C(=O)NC1CCC(C)N(S(=O)(=O)c2ccccn2)CC1=O. The predicted molar refractivity (Wildman–Crippen MR) is 146 cm³/mol. The number of benzene rings is 1. The first-order chi connectivity index (χ1) is 18.6. The molecule has 0 saturated carbocycles. The maximum atomic E-state index is 13.3. The van der Waals surface area contributed by atoms with E-state index < -0.39 is 45.7 Å². The first kappa shape index (κ1) is 28.3. The van der Waals surface area contributed by atoms with E-state index in [1.54, 1.807) is 25.1 Å². The van der Waals surface area contributed by atoms with Crippen molar-refractivity contribution in [3.63, 3.8) is 0 Å². The number of amides is 2. The molecule has 206 valence electrons. The van der Waals surface area contributed by atoms with Gasteiger partial charge in [0.1, 0.15) is 6.04 Å². The van der Waals surface area contributed by atoms with Crippen molar-refractivity contribution in [3.8, 4) is 0 Å². The van der Waals surface area contributed by atoms with Crippen LogP contribution in [0.2, 0.25) is 0 Å². The highest BCUT2D eigenvalue weighted by atomic mass is 32.2. The Hall–Kier alpha value is -3.70. The number of nitrogens with zero attached hydrogens (tertiary/aromatic N) is 3. The summed E-state index contributed by atoms with van der Waals surface area (Å²) in [5.41, 5.74) is 1.08. The second kappa shape index (κ2) is 12.0. The topological polar surface area (TPSA) is 138 Å². The van der Waals surface area contributed by atoms with Crippen LogP contribution in [-0.4, -0.2) is 65.0 Å². The van der Waals surface area contributed by atoms with Crippen molar-refractivity contribution < 1.29 is 22.8 Å². The number of carbonyl (C=O) groups is 3. The molecule has 3 atom stereocenters. The first-order valence-corrected chi connectivity index (χ1v) is 14.4. The van der Waals surface area contributed by atoms with Gasteiger partial charge in [0.25, 0.3) is 15.9 Å². The van der Waals surface area contributed by atoms with Crippen LogP contribution < -0.4 is 10.6 Å². The lowest BCUT2D eigenvalue weighted by Crippen LogP contribution is -2.52. The summed E-state index contributed by atoms with van der Waals surface area (Å²) in [6.07, 6.45) is 3.85. The summed E-state index contributed by atoms with van der Waals surface area (Å²) in [5.74, 6) is -1.26. The zero-order valence-electron chi connectivity index (χ0n) is 22.2. The Kier molecular flexibility index (Phi) is 8.71. The number of Topliss-reactive ketones (excluding diaryl/α,β-unsaturated/α-hetero) is 1. The fraction of sp³-hybridized carbons (Fsp3) is 0.393. The van der Waals surface area contributed by atoms with Crippen molar-refractivity contribution in [2.75, 3.05) is 6.54 Å². The molecule has 1 aliphatic heterocycles. The molecule has 2 aromatic heterocycles. The average molecular weight is 552 g/mol. The van der Waals surface area contributed by atoms with Crippen LogP contribution in [0.25, 0.3) is 10.9 Å². The smallest absolute Gasteiger partial charge is 0.261 e. The fourth-order valence-electron chi connectivity index (χ4n) is 4.64. The van der Waals surface area contributed by atoms with Crippen molar-refractivity contribution in [3.05, 3.63) is 66.5 Å². The minimum absolute atomic E-state index is 0.0830. The molecule has 3 heterocycles. The standard InChI is InChI=1S/C28H33N5O5S/c1-18(2)14-24(32-27(35)21-15-20-8-4-5-9-22(20)30-16-21)28(36)31-23-12-11-19(3)33(17-25(23)34)39(37,38)26-10-6-7-13-29-26/h4-10,13,15-16,18-19,23-24H,11-12,14,17H2,1-3H3,(H,31,36)(H,32,35). The minimum Gasteiger partial charge on any atom is -0.344 e. The van der Waals surface area contributed by atoms with Gasteiger partial charge in [-0.3, -0.25) is 19.4 Å². The van der Waals surface area contributed by atoms with Crippen LogP contribution in [-0.2, 0) is 19.6 Å². The molecule has 11 heteroatoms. The lowest BCUT2D eigenvalue weighted by atomic mass is 10.0. The van der Waals surface area contributed by atoms with Crippen LogP contribution in [0.15, 0.2) is 66.0 Å². The van der Waals surface area contributed by atoms with E-state index >= 15 is 0 Å². The van der Waals surface area contributed by atoms with Crippen LogP contribution in [0.1, 0.15) is 50.4 Å². The second-order valence-corrected chi connectivity index (χ2v) is 12.1. The van der Waals surface area contributed by atoms with Crippen molar-refractivity contribution in [2.24, 2.45) is 5.92 Å². The average Bonchev–Trinajstić information content (AvgIpc) is 3.06. The van der Waals surface area contributed by atoms with Gasteiger partial charge in [0, 0.05) is 23.8 Å². The maximum Gasteiger partial charge on any atom is 0.261 e. The van der Waals surface area contributed by atoms with Gasteiger partial charge in [-0.1, -0.05) is 38.1 Å². The van der Waals surface area contributed by atoms with Gasteiger partial charge in [-0.05, 0) is 56.4 Å². The summed E-state index contributed by atoms with van der Waals surface area (Å²) < 4.78 is 27.5. The fourth-order valence-corrected chi connectivity index (χ4v) is 6.20. The molecule has 0 aliphatic carbocycles. The van der Waals surface area contributed by atoms with Gasteiger partial charge in [-0.25, -0.2) is 13.4 Å². The summed E-state index contributed by atoms with van der Waals surface area (Å²) in [6.45, 7) is 5.22. The lowest BCUT2D eigenvalue weighted by molar-refractivity contribution is -0.129. The maximum absolute atomic E-state index is 13.3. The Balaban J connectivity index is 1.47. The molecule has 0 radical (unpaired) electrons. The zero-order valence-corrected chi connectivity index (χ0v) is 23.0. The second-order valence-electron chi connectivity index (χ2n) is 10.2. The van der Waals surface area contributed by atoms with E-state index in [-0.39, 0.29) is 23.9 Å². The molecule has 1 fully saturated rings. The number of ketones is 1. The predicted octanol–water partition coefficient (Wildman–Crippen LogP) is 2.70. The van der Waals surface area contributed by atoms with Gasteiger partial charge in [-0.2, -0.15) is 4.31 Å². The van der Waals surface area contributed by atoms with E-state index in [4.69, 9.17) is 0 Å². The molecule has 0 bridgehead atoms. The van der Waals surface area contributed by atoms with E-state index in [0.29, 0.717) is 18.4 Å². The summed E-state index contributed by atoms with van der Waals surface area (Å²) in [7, 11) is -3.99. The Bertz CT molecular complexity index is 1460. The first-order valence-electron chi connectivity index (χ1n) is 13.0. The van der Waals surface area contributed by atoms with E-state index in [9.17, 15) is 22.8 Å². The number of nitrogens with one attached hydrogen (secondary N) is 2. The minimum atomic E-state index is -3.99. The Morgan fingerprint density at radius 1 is 1.08 bits per heavy atom. The molecule has 1 aliphatic rings. The van der Waals surface area contributed by atoms with E-state index in [2.05, 4.69) is 20.6 Å². The quantitative estimate of drug-likeness (QED) is 0.439. The third-order valence-electron chi connectivity index (χ3n) is 6.77. The van der Waals surface area contributed by atoms with E-state index in [0.717, 1.165) is 15.2 Å². The number of hydrogen-bond donors (Lipinski definition) is 2. The van der Waals surface area contributed by atoms with Crippen LogP contribution in [0.4, 0.5) is 0 Å². The van der Waals surface area contributed by atoms with Crippen LogP contribution in [0.3, 0.4) is 0 Å². The van der Waals surface area contributed by atoms with Crippen molar-refractivity contribution in [1.29, 1.82) is 0 Å². The molecule has 3 aromatic rings. The number of aromatic nitrogens is 2. The highest BCUT2D eigenvalue weighted by Crippen LogP contribution is 2.23. The zero-order chi connectivity index (χ0) is 28.2. The van der Waals surface area contributed by atoms with Crippen molar-refractivity contribution in [2.45, 2.75) is 63.2 Å². The summed E-state index contributed by atoms with van der Waals surface area (Å²) in [5, 5.41) is 6.25. The molecule has 2 amide bonds. The molecule has 1 saturated heterocycles. The van der Waals surface area contributed by atoms with Gasteiger partial charge in [-0.15, -0.1) is 0 Å². The lowest BCUT2D eigenvalue weighted by Gasteiger charge is -2.25. The van der Waals surface area contributed by atoms with Gasteiger partial charge < -0.3 is 10.6 Å². The van der Waals surface area contributed by atoms with Crippen LogP contribution in [0, 0.1) is 5.92 Å². The van der Waals surface area contributed by atoms with E-state index in [1.165, 1.54) is 18.5 Å². The molecule has 3 unspecified atom stereocenters. The number of rotatable bonds is 8. The normalized spacial score (nSPS) is 19.4. The Labute approximate surface area is 228 Å². The molecular weight excluding hydrogens is 518 g/mol. The number of pyridine rings is 2. The Morgan fingerprint density at radius 2 is 1.82 bits per heavy atom. The molecule has 39 heavy (non-hydrogen) atoms. The number of hydrogen-bond acceptors (Lipinski definition) is 7. The van der Waals surface area contributed by atoms with E-state index in [1.807, 2.05) is 38.1 Å². The summed E-state index contributed by atoms with van der Waals surface area (Å²) >= 11 is 0. The van der Waals surface area contributed by atoms with Crippen molar-refractivity contribution >= 4 is 38.5 Å². The Morgan fingerprint density at radius 3 is 2.54 bits per heavy atom. The summed E-state index contributed by atoms with van der Waals surface area (Å²) in [4.78, 5) is 47.8. The number of para-hydroxylation sites is 1. The van der Waals surface area contributed by atoms with Gasteiger partial charge in [0.15, 0.2) is 10.8 Å². The molecule has 2 N–H and O–H groups in total. The largest absolute Gasteiger partial charge is 0.344 e. The highest BCUT2D eigenvalue weighted by Gasteiger charge is 2.38. The highest BCUT2D eigenvalue weighted by molar-refractivity contribution is 7.89. The number of carbonyl (C=O) groups excluding carboxylic acids is 3. The molecule has 0 spiro atoms. The van der Waals surface area contributed by atoms with Crippen molar-refractivity contribution in [1.82, 2.24) is 24.9 Å². The number of fused-ring (bicyclic) bond motifs is 1. The van der Waals surface area contributed by atoms with Crippen LogP contribution in [0.5, 0.6) is 0 Å².